The van der Waals surface area contributed by atoms with Gasteiger partial charge in [-0.2, -0.15) is 0 Å². The molecule has 0 spiro atoms. The third-order valence-electron chi connectivity index (χ3n) is 3.24. The molecule has 0 aromatic heterocycles. The molecule has 23 heavy (non-hydrogen) atoms. The second kappa shape index (κ2) is 7.10. The third kappa shape index (κ3) is 4.77. The standard InChI is InChI=1S/C16H15ClFNO3S/c1-11(12-2-6-14(18)7-3-12)19-16(20)10-23(21,22)15-8-4-13(17)5-9-15/h2-9,11H,10H2,1H3,(H,19,20). The summed E-state index contributed by atoms with van der Waals surface area (Å²) in [6.07, 6.45) is 0. The van der Waals surface area contributed by atoms with Crippen molar-refractivity contribution in [3.63, 3.8) is 0 Å². The highest BCUT2D eigenvalue weighted by molar-refractivity contribution is 7.92. The van der Waals surface area contributed by atoms with E-state index in [4.69, 9.17) is 11.6 Å². The Morgan fingerprint density at radius 3 is 2.26 bits per heavy atom. The number of hydrogen-bond donors (Lipinski definition) is 1. The van der Waals surface area contributed by atoms with Crippen LogP contribution in [0.4, 0.5) is 4.39 Å². The van der Waals surface area contributed by atoms with Crippen LogP contribution in [0.15, 0.2) is 53.4 Å². The van der Waals surface area contributed by atoms with Crippen LogP contribution in [0.25, 0.3) is 0 Å². The minimum Gasteiger partial charge on any atom is -0.349 e. The number of hydrogen-bond acceptors (Lipinski definition) is 3. The third-order valence-corrected chi connectivity index (χ3v) is 5.13. The lowest BCUT2D eigenvalue weighted by atomic mass is 10.1. The fourth-order valence-corrected chi connectivity index (χ4v) is 3.29. The van der Waals surface area contributed by atoms with Gasteiger partial charge in [-0.25, -0.2) is 12.8 Å². The number of benzene rings is 2. The van der Waals surface area contributed by atoms with Crippen LogP contribution in [0.2, 0.25) is 5.02 Å². The van der Waals surface area contributed by atoms with Gasteiger partial charge in [0.15, 0.2) is 9.84 Å². The highest BCUT2D eigenvalue weighted by Gasteiger charge is 2.20. The maximum absolute atomic E-state index is 12.9. The molecular weight excluding hydrogens is 341 g/mol. The van der Waals surface area contributed by atoms with Gasteiger partial charge >= 0.3 is 0 Å². The Hall–Kier alpha value is -1.92. The fourth-order valence-electron chi connectivity index (χ4n) is 2.02. The second-order valence-electron chi connectivity index (χ2n) is 5.05. The van der Waals surface area contributed by atoms with Gasteiger partial charge in [0.2, 0.25) is 5.91 Å². The monoisotopic (exact) mass is 355 g/mol. The van der Waals surface area contributed by atoms with Gasteiger partial charge in [-0.1, -0.05) is 23.7 Å². The maximum atomic E-state index is 12.9. The predicted molar refractivity (Wildman–Crippen MR) is 86.5 cm³/mol. The zero-order chi connectivity index (χ0) is 17.0. The van der Waals surface area contributed by atoms with E-state index in [1.54, 1.807) is 6.92 Å². The topological polar surface area (TPSA) is 63.2 Å². The minimum atomic E-state index is -3.74. The van der Waals surface area contributed by atoms with E-state index in [-0.39, 0.29) is 10.7 Å². The van der Waals surface area contributed by atoms with Crippen molar-refractivity contribution in [2.24, 2.45) is 0 Å². The normalized spacial score (nSPS) is 12.7. The molecular formula is C16H15ClFNO3S. The van der Waals surface area contributed by atoms with Crippen LogP contribution in [0.3, 0.4) is 0 Å². The number of carbonyl (C=O) groups excluding carboxylic acids is 1. The zero-order valence-corrected chi connectivity index (χ0v) is 13.9. The highest BCUT2D eigenvalue weighted by Crippen LogP contribution is 2.16. The molecule has 1 N–H and O–H groups in total. The number of rotatable bonds is 5. The SMILES string of the molecule is CC(NC(=O)CS(=O)(=O)c1ccc(Cl)cc1)c1ccc(F)cc1. The van der Waals surface area contributed by atoms with Crippen molar-refractivity contribution in [3.8, 4) is 0 Å². The van der Waals surface area contributed by atoms with Crippen LogP contribution in [-0.2, 0) is 14.6 Å². The fraction of sp³-hybridized carbons (Fsp3) is 0.188. The van der Waals surface area contributed by atoms with Gasteiger partial charge in [0.1, 0.15) is 11.6 Å². The summed E-state index contributed by atoms with van der Waals surface area (Å²) in [7, 11) is -3.74. The molecule has 122 valence electrons. The molecule has 1 unspecified atom stereocenters. The lowest BCUT2D eigenvalue weighted by Crippen LogP contribution is -2.32. The Morgan fingerprint density at radius 1 is 1.13 bits per heavy atom. The van der Waals surface area contributed by atoms with Crippen molar-refractivity contribution in [2.45, 2.75) is 17.9 Å². The Balaban J connectivity index is 2.03. The van der Waals surface area contributed by atoms with E-state index < -0.39 is 27.5 Å². The second-order valence-corrected chi connectivity index (χ2v) is 7.48. The first-order valence-electron chi connectivity index (χ1n) is 6.81. The number of halogens is 2. The summed E-state index contributed by atoms with van der Waals surface area (Å²) < 4.78 is 37.2. The van der Waals surface area contributed by atoms with Crippen LogP contribution in [0.1, 0.15) is 18.5 Å². The van der Waals surface area contributed by atoms with E-state index in [2.05, 4.69) is 5.32 Å². The smallest absolute Gasteiger partial charge is 0.236 e. The predicted octanol–water partition coefficient (Wildman–Crippen LogP) is 3.13. The van der Waals surface area contributed by atoms with Crippen molar-refractivity contribution in [1.29, 1.82) is 0 Å². The maximum Gasteiger partial charge on any atom is 0.236 e. The summed E-state index contributed by atoms with van der Waals surface area (Å²) in [6, 6.07) is 10.8. The van der Waals surface area contributed by atoms with Gasteiger partial charge in [0, 0.05) is 5.02 Å². The van der Waals surface area contributed by atoms with Crippen LogP contribution in [0.5, 0.6) is 0 Å². The molecule has 0 aliphatic heterocycles. The first-order chi connectivity index (χ1) is 10.8. The van der Waals surface area contributed by atoms with Crippen molar-refractivity contribution in [2.75, 3.05) is 5.75 Å². The van der Waals surface area contributed by atoms with Gasteiger partial charge in [-0.15, -0.1) is 0 Å². The molecule has 0 radical (unpaired) electrons. The summed E-state index contributed by atoms with van der Waals surface area (Å²) in [5.74, 6) is -1.67. The van der Waals surface area contributed by atoms with Gasteiger partial charge < -0.3 is 5.32 Å². The highest BCUT2D eigenvalue weighted by atomic mass is 35.5. The zero-order valence-electron chi connectivity index (χ0n) is 12.3. The Kier molecular flexibility index (Phi) is 5.38. The van der Waals surface area contributed by atoms with E-state index in [0.717, 1.165) is 0 Å². The largest absolute Gasteiger partial charge is 0.349 e. The van der Waals surface area contributed by atoms with Gasteiger partial charge in [-0.3, -0.25) is 4.79 Å². The van der Waals surface area contributed by atoms with E-state index in [1.165, 1.54) is 48.5 Å². The van der Waals surface area contributed by atoms with Crippen molar-refractivity contribution in [3.05, 3.63) is 64.9 Å². The van der Waals surface area contributed by atoms with Gasteiger partial charge in [0.25, 0.3) is 0 Å². The van der Waals surface area contributed by atoms with Crippen molar-refractivity contribution < 1.29 is 17.6 Å². The van der Waals surface area contributed by atoms with Crippen LogP contribution in [-0.4, -0.2) is 20.1 Å². The van der Waals surface area contributed by atoms with E-state index in [0.29, 0.717) is 10.6 Å². The molecule has 0 saturated heterocycles. The lowest BCUT2D eigenvalue weighted by Gasteiger charge is -2.14. The molecule has 0 aliphatic rings. The van der Waals surface area contributed by atoms with Crippen LogP contribution < -0.4 is 5.32 Å². The summed E-state index contributed by atoms with van der Waals surface area (Å²) in [5, 5.41) is 3.00. The molecule has 2 rings (SSSR count). The Morgan fingerprint density at radius 2 is 1.70 bits per heavy atom. The minimum absolute atomic E-state index is 0.0338. The summed E-state index contributed by atoms with van der Waals surface area (Å²) in [5.41, 5.74) is 0.684. The average Bonchev–Trinajstić information content (AvgIpc) is 2.47. The number of nitrogens with one attached hydrogen (secondary N) is 1. The van der Waals surface area contributed by atoms with Crippen molar-refractivity contribution >= 4 is 27.3 Å². The molecule has 7 heteroatoms. The van der Waals surface area contributed by atoms with Gasteiger partial charge in [0.05, 0.1) is 10.9 Å². The molecule has 1 amide bonds. The number of sulfone groups is 1. The molecule has 0 saturated carbocycles. The van der Waals surface area contributed by atoms with Crippen LogP contribution in [0, 0.1) is 5.82 Å². The lowest BCUT2D eigenvalue weighted by molar-refractivity contribution is -0.119. The van der Waals surface area contributed by atoms with Gasteiger partial charge in [-0.05, 0) is 48.9 Å². The van der Waals surface area contributed by atoms with E-state index in [9.17, 15) is 17.6 Å². The number of carbonyl (C=O) groups is 1. The Labute approximate surface area is 139 Å². The summed E-state index contributed by atoms with van der Waals surface area (Å²) in [6.45, 7) is 1.69. The van der Waals surface area contributed by atoms with E-state index in [1.807, 2.05) is 0 Å². The Bertz CT molecular complexity index is 789. The number of amides is 1. The van der Waals surface area contributed by atoms with E-state index >= 15 is 0 Å². The van der Waals surface area contributed by atoms with Crippen LogP contribution >= 0.6 is 11.6 Å². The average molecular weight is 356 g/mol. The molecule has 4 nitrogen and oxygen atoms in total. The molecule has 2 aromatic rings. The summed E-state index contributed by atoms with van der Waals surface area (Å²) in [4.78, 5) is 12.0. The molecule has 0 heterocycles. The summed E-state index contributed by atoms with van der Waals surface area (Å²) >= 11 is 5.71. The quantitative estimate of drug-likeness (QED) is 0.896. The first kappa shape index (κ1) is 17.4. The molecule has 1 atom stereocenters. The molecule has 0 fully saturated rings. The molecule has 0 aliphatic carbocycles. The molecule has 0 bridgehead atoms. The first-order valence-corrected chi connectivity index (χ1v) is 8.84. The van der Waals surface area contributed by atoms with Crippen molar-refractivity contribution in [1.82, 2.24) is 5.32 Å². The molecule has 2 aromatic carbocycles.